The molecule has 1 aromatic rings. The maximum atomic E-state index is 11.9. The molecule has 96 valence electrons. The summed E-state index contributed by atoms with van der Waals surface area (Å²) < 4.78 is 5.36. The van der Waals surface area contributed by atoms with E-state index in [2.05, 4.69) is 5.32 Å². The summed E-state index contributed by atoms with van der Waals surface area (Å²) in [4.78, 5) is 22.4. The molecule has 1 aliphatic heterocycles. The molecule has 5 heteroatoms. The lowest BCUT2D eigenvalue weighted by Gasteiger charge is -2.12. The van der Waals surface area contributed by atoms with Gasteiger partial charge < -0.3 is 15.2 Å². The molecule has 1 atom stereocenters. The Kier molecular flexibility index (Phi) is 3.50. The molecule has 0 saturated carbocycles. The van der Waals surface area contributed by atoms with Gasteiger partial charge >= 0.3 is 5.97 Å². The second-order valence-corrected chi connectivity index (χ2v) is 4.39. The first-order valence-electron chi connectivity index (χ1n) is 5.84. The van der Waals surface area contributed by atoms with Crippen LogP contribution in [-0.4, -0.2) is 29.6 Å². The molecule has 0 radical (unpaired) electrons. The zero-order valence-corrected chi connectivity index (χ0v) is 10.1. The first-order valence-corrected chi connectivity index (χ1v) is 5.84. The fourth-order valence-electron chi connectivity index (χ4n) is 1.95. The molecular weight excluding hydrogens is 234 g/mol. The highest BCUT2D eigenvalue weighted by Gasteiger charge is 2.16. The maximum Gasteiger partial charge on any atom is 0.305 e. The van der Waals surface area contributed by atoms with Crippen molar-refractivity contribution in [1.29, 1.82) is 0 Å². The summed E-state index contributed by atoms with van der Waals surface area (Å²) in [7, 11) is 0. The van der Waals surface area contributed by atoms with Crippen molar-refractivity contribution < 1.29 is 19.4 Å². The molecule has 18 heavy (non-hydrogen) atoms. The van der Waals surface area contributed by atoms with Crippen LogP contribution in [0.15, 0.2) is 18.2 Å². The van der Waals surface area contributed by atoms with Crippen molar-refractivity contribution in [3.63, 3.8) is 0 Å². The van der Waals surface area contributed by atoms with Crippen LogP contribution in [-0.2, 0) is 11.2 Å². The van der Waals surface area contributed by atoms with E-state index >= 15 is 0 Å². The van der Waals surface area contributed by atoms with E-state index < -0.39 is 5.97 Å². The Morgan fingerprint density at radius 2 is 2.28 bits per heavy atom. The standard InChI is InChI=1S/C13H15NO4/c1-8(6-12(15)16)14-13(17)10-2-3-11-9(7-10)4-5-18-11/h2-3,7-8H,4-6H2,1H3,(H,14,17)(H,15,16). The number of hydrogen-bond donors (Lipinski definition) is 2. The van der Waals surface area contributed by atoms with Gasteiger partial charge in [-0.1, -0.05) is 0 Å². The number of aliphatic carboxylic acids is 1. The lowest BCUT2D eigenvalue weighted by molar-refractivity contribution is -0.137. The van der Waals surface area contributed by atoms with Gasteiger partial charge in [-0.2, -0.15) is 0 Å². The topological polar surface area (TPSA) is 75.6 Å². The Hall–Kier alpha value is -2.04. The third-order valence-electron chi connectivity index (χ3n) is 2.81. The average molecular weight is 249 g/mol. The van der Waals surface area contributed by atoms with Crippen molar-refractivity contribution in [3.05, 3.63) is 29.3 Å². The van der Waals surface area contributed by atoms with E-state index in [1.807, 2.05) is 0 Å². The van der Waals surface area contributed by atoms with Gasteiger partial charge in [0.2, 0.25) is 0 Å². The molecule has 0 fully saturated rings. The molecule has 2 rings (SSSR count). The summed E-state index contributed by atoms with van der Waals surface area (Å²) in [5.74, 6) is -0.353. The number of fused-ring (bicyclic) bond motifs is 1. The normalized spacial score (nSPS) is 14.5. The van der Waals surface area contributed by atoms with E-state index in [9.17, 15) is 9.59 Å². The van der Waals surface area contributed by atoms with Crippen LogP contribution >= 0.6 is 0 Å². The zero-order valence-electron chi connectivity index (χ0n) is 10.1. The summed E-state index contributed by atoms with van der Waals surface area (Å²) >= 11 is 0. The summed E-state index contributed by atoms with van der Waals surface area (Å²) in [6.45, 7) is 2.32. The van der Waals surface area contributed by atoms with E-state index in [1.54, 1.807) is 25.1 Å². The third kappa shape index (κ3) is 2.80. The van der Waals surface area contributed by atoms with E-state index in [0.717, 1.165) is 17.7 Å². The zero-order chi connectivity index (χ0) is 13.1. The van der Waals surface area contributed by atoms with Crippen molar-refractivity contribution in [1.82, 2.24) is 5.32 Å². The first kappa shape index (κ1) is 12.4. The molecule has 0 spiro atoms. The van der Waals surface area contributed by atoms with Crippen LogP contribution in [0, 0.1) is 0 Å². The first-order chi connectivity index (χ1) is 8.56. The van der Waals surface area contributed by atoms with Gasteiger partial charge in [0.1, 0.15) is 5.75 Å². The lowest BCUT2D eigenvalue weighted by atomic mass is 10.1. The molecule has 2 N–H and O–H groups in total. The molecule has 1 unspecified atom stereocenters. The van der Waals surface area contributed by atoms with Gasteiger partial charge in [0.15, 0.2) is 0 Å². The highest BCUT2D eigenvalue weighted by atomic mass is 16.5. The number of carboxylic acid groups (broad SMARTS) is 1. The number of rotatable bonds is 4. The molecule has 0 bridgehead atoms. The number of amides is 1. The Morgan fingerprint density at radius 1 is 1.50 bits per heavy atom. The van der Waals surface area contributed by atoms with Gasteiger partial charge in [-0.15, -0.1) is 0 Å². The monoisotopic (exact) mass is 249 g/mol. The number of hydrogen-bond acceptors (Lipinski definition) is 3. The summed E-state index contributed by atoms with van der Waals surface area (Å²) in [5, 5.41) is 11.3. The fourth-order valence-corrected chi connectivity index (χ4v) is 1.95. The number of benzene rings is 1. The Bertz CT molecular complexity index is 484. The SMILES string of the molecule is CC(CC(=O)O)NC(=O)c1ccc2c(c1)CCO2. The minimum atomic E-state index is -0.926. The predicted molar refractivity (Wildman–Crippen MR) is 64.8 cm³/mol. The van der Waals surface area contributed by atoms with Crippen LogP contribution < -0.4 is 10.1 Å². The summed E-state index contributed by atoms with van der Waals surface area (Å²) in [5.41, 5.74) is 1.56. The van der Waals surface area contributed by atoms with Gasteiger partial charge in [-0.25, -0.2) is 0 Å². The minimum absolute atomic E-state index is 0.0835. The predicted octanol–water partition coefficient (Wildman–Crippen LogP) is 1.21. The van der Waals surface area contributed by atoms with Crippen LogP contribution in [0.5, 0.6) is 5.75 Å². The van der Waals surface area contributed by atoms with Crippen LogP contribution in [0.3, 0.4) is 0 Å². The van der Waals surface area contributed by atoms with E-state index in [0.29, 0.717) is 12.2 Å². The average Bonchev–Trinajstić information content (AvgIpc) is 2.74. The third-order valence-corrected chi connectivity index (χ3v) is 2.81. The largest absolute Gasteiger partial charge is 0.493 e. The van der Waals surface area contributed by atoms with Gasteiger partial charge in [0.05, 0.1) is 13.0 Å². The summed E-state index contributed by atoms with van der Waals surface area (Å²) in [6, 6.07) is 4.87. The fraction of sp³-hybridized carbons (Fsp3) is 0.385. The van der Waals surface area contributed by atoms with E-state index in [4.69, 9.17) is 9.84 Å². The highest BCUT2D eigenvalue weighted by molar-refractivity contribution is 5.95. The maximum absolute atomic E-state index is 11.9. The second kappa shape index (κ2) is 5.08. The number of carbonyl (C=O) groups is 2. The van der Waals surface area contributed by atoms with Crippen molar-refractivity contribution >= 4 is 11.9 Å². The second-order valence-electron chi connectivity index (χ2n) is 4.39. The molecule has 5 nitrogen and oxygen atoms in total. The van der Waals surface area contributed by atoms with Crippen molar-refractivity contribution in [3.8, 4) is 5.75 Å². The number of ether oxygens (including phenoxy) is 1. The lowest BCUT2D eigenvalue weighted by Crippen LogP contribution is -2.34. The van der Waals surface area contributed by atoms with Gasteiger partial charge in [-0.3, -0.25) is 9.59 Å². The van der Waals surface area contributed by atoms with E-state index in [-0.39, 0.29) is 18.4 Å². The Morgan fingerprint density at radius 3 is 3.00 bits per heavy atom. The van der Waals surface area contributed by atoms with Crippen LogP contribution in [0.4, 0.5) is 0 Å². The summed E-state index contributed by atoms with van der Waals surface area (Å²) in [6.07, 6.45) is 0.723. The molecule has 0 aromatic heterocycles. The number of nitrogens with one attached hydrogen (secondary N) is 1. The quantitative estimate of drug-likeness (QED) is 0.841. The van der Waals surface area contributed by atoms with Crippen LogP contribution in [0.25, 0.3) is 0 Å². The molecular formula is C13H15NO4. The smallest absolute Gasteiger partial charge is 0.305 e. The molecule has 1 amide bonds. The Balaban J connectivity index is 2.03. The van der Waals surface area contributed by atoms with Gasteiger partial charge in [0, 0.05) is 18.0 Å². The van der Waals surface area contributed by atoms with E-state index in [1.165, 1.54) is 0 Å². The Labute approximate surface area is 105 Å². The molecule has 0 aliphatic carbocycles. The molecule has 1 aliphatic rings. The molecule has 1 heterocycles. The van der Waals surface area contributed by atoms with Crippen molar-refractivity contribution in [2.24, 2.45) is 0 Å². The van der Waals surface area contributed by atoms with Gasteiger partial charge in [-0.05, 0) is 30.7 Å². The van der Waals surface area contributed by atoms with Crippen molar-refractivity contribution in [2.75, 3.05) is 6.61 Å². The number of carbonyl (C=O) groups excluding carboxylic acids is 1. The molecule has 0 saturated heterocycles. The van der Waals surface area contributed by atoms with Crippen LogP contribution in [0.1, 0.15) is 29.3 Å². The minimum Gasteiger partial charge on any atom is -0.493 e. The number of carboxylic acids is 1. The van der Waals surface area contributed by atoms with Gasteiger partial charge in [0.25, 0.3) is 5.91 Å². The molecule has 1 aromatic carbocycles. The van der Waals surface area contributed by atoms with Crippen molar-refractivity contribution in [2.45, 2.75) is 25.8 Å². The van der Waals surface area contributed by atoms with Crippen LogP contribution in [0.2, 0.25) is 0 Å². The highest BCUT2D eigenvalue weighted by Crippen LogP contribution is 2.25.